The molecule has 0 saturated carbocycles. The van der Waals surface area contributed by atoms with Crippen molar-refractivity contribution in [3.63, 3.8) is 0 Å². The quantitative estimate of drug-likeness (QED) is 0.604. The van der Waals surface area contributed by atoms with Gasteiger partial charge in [-0.1, -0.05) is 68.4 Å². The second-order valence-corrected chi connectivity index (χ2v) is 9.16. The van der Waals surface area contributed by atoms with Gasteiger partial charge in [-0.25, -0.2) is 9.97 Å². The monoisotopic (exact) mass is 428 g/mol. The summed E-state index contributed by atoms with van der Waals surface area (Å²) in [5.41, 5.74) is 4.27. The molecule has 2 aromatic carbocycles. The molecule has 1 aliphatic heterocycles. The molecule has 2 heterocycles. The van der Waals surface area contributed by atoms with E-state index in [0.29, 0.717) is 5.92 Å². The lowest BCUT2D eigenvalue weighted by atomic mass is 9.79. The Morgan fingerprint density at radius 2 is 1.66 bits per heavy atom. The van der Waals surface area contributed by atoms with E-state index in [1.165, 1.54) is 16.7 Å². The molecule has 32 heavy (non-hydrogen) atoms. The third-order valence-electron chi connectivity index (χ3n) is 6.39. The molecule has 0 radical (unpaired) electrons. The van der Waals surface area contributed by atoms with Crippen molar-refractivity contribution in [1.29, 1.82) is 0 Å². The number of hydrogen-bond donors (Lipinski definition) is 1. The molecule has 4 rings (SSSR count). The van der Waals surface area contributed by atoms with Crippen LogP contribution in [0.1, 0.15) is 43.1 Å². The molecule has 5 heteroatoms. The number of nitrogens with one attached hydrogen (secondary N) is 1. The molecule has 166 valence electrons. The molecular formula is C27H32N4O. The molecule has 0 spiro atoms. The predicted molar refractivity (Wildman–Crippen MR) is 128 cm³/mol. The van der Waals surface area contributed by atoms with Crippen molar-refractivity contribution in [3.8, 4) is 11.1 Å². The fourth-order valence-corrected chi connectivity index (χ4v) is 4.61. The Morgan fingerprint density at radius 3 is 2.28 bits per heavy atom. The predicted octanol–water partition coefficient (Wildman–Crippen LogP) is 4.45. The minimum Gasteiger partial charge on any atom is -0.359 e. The number of nitrogens with zero attached hydrogens (tertiary/aromatic N) is 3. The van der Waals surface area contributed by atoms with Crippen molar-refractivity contribution in [1.82, 2.24) is 20.2 Å². The van der Waals surface area contributed by atoms with Crippen LogP contribution in [-0.4, -0.2) is 40.9 Å². The number of likely N-dealkylation sites (tertiary alicyclic amines) is 1. The zero-order chi connectivity index (χ0) is 22.6. The van der Waals surface area contributed by atoms with Crippen LogP contribution in [0, 0.1) is 5.41 Å². The molecule has 1 N–H and O–H groups in total. The van der Waals surface area contributed by atoms with Gasteiger partial charge in [0, 0.05) is 44.0 Å². The van der Waals surface area contributed by atoms with Gasteiger partial charge in [-0.2, -0.15) is 0 Å². The number of benzene rings is 2. The maximum absolute atomic E-state index is 13.0. The maximum atomic E-state index is 13.0. The average Bonchev–Trinajstić information content (AvgIpc) is 3.23. The molecule has 1 atom stereocenters. The molecule has 1 amide bonds. The normalized spacial score (nSPS) is 18.8. The Balaban J connectivity index is 1.47. The molecule has 1 saturated heterocycles. The van der Waals surface area contributed by atoms with Crippen LogP contribution < -0.4 is 5.32 Å². The highest BCUT2D eigenvalue weighted by Gasteiger charge is 2.44. The third kappa shape index (κ3) is 4.89. The fourth-order valence-electron chi connectivity index (χ4n) is 4.61. The minimum absolute atomic E-state index is 0.124. The Kier molecular flexibility index (Phi) is 6.66. The van der Waals surface area contributed by atoms with Crippen LogP contribution in [0.4, 0.5) is 0 Å². The molecule has 3 aromatic rings. The number of carbonyl (C=O) groups is 1. The number of amides is 1. The second-order valence-electron chi connectivity index (χ2n) is 9.16. The SMILES string of the molecule is CNC(=O)C1(Cc2ccc(-c3ccccc3)cc2)CCN(Cc2cnc(C(C)C)nc2)C1. The standard InChI is InChI=1S/C27H32N4O/c1-20(2)25-29-16-22(17-30-25)18-31-14-13-27(19-31,26(32)28-3)15-21-9-11-24(12-10-21)23-7-5-4-6-8-23/h4-12,16-17,20H,13-15,18-19H2,1-3H3,(H,28,32). The first-order chi connectivity index (χ1) is 15.5. The zero-order valence-electron chi connectivity index (χ0n) is 19.2. The molecule has 1 fully saturated rings. The summed E-state index contributed by atoms with van der Waals surface area (Å²) < 4.78 is 0. The van der Waals surface area contributed by atoms with Crippen molar-refractivity contribution in [2.75, 3.05) is 20.1 Å². The van der Waals surface area contributed by atoms with Crippen molar-refractivity contribution >= 4 is 5.91 Å². The van der Waals surface area contributed by atoms with E-state index in [2.05, 4.69) is 82.6 Å². The summed E-state index contributed by atoms with van der Waals surface area (Å²) in [6.45, 7) is 6.59. The highest BCUT2D eigenvalue weighted by molar-refractivity contribution is 5.83. The van der Waals surface area contributed by atoms with E-state index < -0.39 is 5.41 Å². The summed E-state index contributed by atoms with van der Waals surface area (Å²) >= 11 is 0. The largest absolute Gasteiger partial charge is 0.359 e. The molecule has 1 unspecified atom stereocenters. The number of rotatable bonds is 7. The topological polar surface area (TPSA) is 58.1 Å². The van der Waals surface area contributed by atoms with Gasteiger partial charge in [-0.15, -0.1) is 0 Å². The van der Waals surface area contributed by atoms with Crippen molar-refractivity contribution < 1.29 is 4.79 Å². The van der Waals surface area contributed by atoms with Gasteiger partial charge in [0.1, 0.15) is 5.82 Å². The van der Waals surface area contributed by atoms with E-state index in [9.17, 15) is 4.79 Å². The van der Waals surface area contributed by atoms with Crippen molar-refractivity contribution in [2.24, 2.45) is 5.41 Å². The first kappa shape index (κ1) is 22.2. The fraction of sp³-hybridized carbons (Fsp3) is 0.370. The number of aromatic nitrogens is 2. The van der Waals surface area contributed by atoms with Crippen LogP contribution in [0.5, 0.6) is 0 Å². The highest BCUT2D eigenvalue weighted by atomic mass is 16.2. The van der Waals surface area contributed by atoms with Crippen molar-refractivity contribution in [2.45, 2.75) is 39.2 Å². The van der Waals surface area contributed by atoms with Crippen molar-refractivity contribution in [3.05, 3.63) is 83.9 Å². The summed E-state index contributed by atoms with van der Waals surface area (Å²) in [4.78, 5) is 24.3. The summed E-state index contributed by atoms with van der Waals surface area (Å²) in [6, 6.07) is 19.0. The first-order valence-corrected chi connectivity index (χ1v) is 11.4. The van der Waals surface area contributed by atoms with E-state index in [1.807, 2.05) is 18.5 Å². The second kappa shape index (κ2) is 9.61. The van der Waals surface area contributed by atoms with E-state index in [4.69, 9.17) is 0 Å². The van der Waals surface area contributed by atoms with Gasteiger partial charge < -0.3 is 5.32 Å². The maximum Gasteiger partial charge on any atom is 0.227 e. The van der Waals surface area contributed by atoms with Crippen LogP contribution in [0.3, 0.4) is 0 Å². The Hall–Kier alpha value is -3.05. The van der Waals surface area contributed by atoms with Gasteiger partial charge in [0.15, 0.2) is 0 Å². The van der Waals surface area contributed by atoms with Crippen LogP contribution >= 0.6 is 0 Å². The lowest BCUT2D eigenvalue weighted by molar-refractivity contribution is -0.130. The molecule has 1 aliphatic rings. The van der Waals surface area contributed by atoms with Gasteiger partial charge >= 0.3 is 0 Å². The molecule has 1 aromatic heterocycles. The van der Waals surface area contributed by atoms with E-state index in [0.717, 1.165) is 43.9 Å². The smallest absolute Gasteiger partial charge is 0.227 e. The van der Waals surface area contributed by atoms with Crippen LogP contribution in [0.2, 0.25) is 0 Å². The summed E-state index contributed by atoms with van der Waals surface area (Å²) in [5.74, 6) is 1.32. The molecule has 0 bridgehead atoms. The lowest BCUT2D eigenvalue weighted by Gasteiger charge is -2.28. The molecular weight excluding hydrogens is 396 g/mol. The van der Waals surface area contributed by atoms with Crippen LogP contribution in [-0.2, 0) is 17.8 Å². The van der Waals surface area contributed by atoms with Crippen LogP contribution in [0.15, 0.2) is 67.0 Å². The van der Waals surface area contributed by atoms with Gasteiger partial charge in [0.25, 0.3) is 0 Å². The van der Waals surface area contributed by atoms with E-state index >= 15 is 0 Å². The molecule has 5 nitrogen and oxygen atoms in total. The summed E-state index contributed by atoms with van der Waals surface area (Å²) in [7, 11) is 1.74. The van der Waals surface area contributed by atoms with Crippen LogP contribution in [0.25, 0.3) is 11.1 Å². The summed E-state index contributed by atoms with van der Waals surface area (Å²) in [5, 5.41) is 2.92. The van der Waals surface area contributed by atoms with E-state index in [1.54, 1.807) is 7.05 Å². The molecule has 0 aliphatic carbocycles. The van der Waals surface area contributed by atoms with Gasteiger partial charge in [-0.05, 0) is 36.1 Å². The van der Waals surface area contributed by atoms with Gasteiger partial charge in [-0.3, -0.25) is 9.69 Å². The Labute approximate surface area is 190 Å². The Morgan fingerprint density at radius 1 is 1.00 bits per heavy atom. The Bertz CT molecular complexity index is 1030. The first-order valence-electron chi connectivity index (χ1n) is 11.4. The lowest BCUT2D eigenvalue weighted by Crippen LogP contribution is -2.43. The number of carbonyl (C=O) groups excluding carboxylic acids is 1. The summed E-state index contributed by atoms with van der Waals surface area (Å²) in [6.07, 6.45) is 5.42. The van der Waals surface area contributed by atoms with E-state index in [-0.39, 0.29) is 5.91 Å². The minimum atomic E-state index is -0.415. The third-order valence-corrected chi connectivity index (χ3v) is 6.39. The highest BCUT2D eigenvalue weighted by Crippen LogP contribution is 2.36. The number of hydrogen-bond acceptors (Lipinski definition) is 4. The average molecular weight is 429 g/mol. The van der Waals surface area contributed by atoms with Gasteiger partial charge in [0.2, 0.25) is 5.91 Å². The zero-order valence-corrected chi connectivity index (χ0v) is 19.2. The van der Waals surface area contributed by atoms with Gasteiger partial charge in [0.05, 0.1) is 5.41 Å².